The molecule has 6 heteroatoms. The summed E-state index contributed by atoms with van der Waals surface area (Å²) >= 11 is 0. The first kappa shape index (κ1) is 17.4. The number of pyridine rings is 1. The molecule has 2 fully saturated rings. The quantitative estimate of drug-likeness (QED) is 0.771. The molecule has 2 bridgehead atoms. The van der Waals surface area contributed by atoms with E-state index in [1.54, 1.807) is 6.07 Å². The van der Waals surface area contributed by atoms with Gasteiger partial charge in [0.25, 0.3) is 0 Å². The van der Waals surface area contributed by atoms with E-state index in [9.17, 15) is 9.59 Å². The number of ether oxygens (including phenoxy) is 1. The Morgan fingerprint density at radius 3 is 2.44 bits per heavy atom. The van der Waals surface area contributed by atoms with Crippen molar-refractivity contribution < 1.29 is 14.3 Å². The van der Waals surface area contributed by atoms with E-state index >= 15 is 0 Å². The summed E-state index contributed by atoms with van der Waals surface area (Å²) in [5.41, 5.74) is 0.348. The summed E-state index contributed by atoms with van der Waals surface area (Å²) in [5, 5.41) is 8.98. The molecule has 3 heterocycles. The molecular formula is C19H23N3O3. The van der Waals surface area contributed by atoms with E-state index < -0.39 is 5.60 Å². The van der Waals surface area contributed by atoms with Crippen LogP contribution < -0.4 is 0 Å². The van der Waals surface area contributed by atoms with Gasteiger partial charge in [-0.3, -0.25) is 9.78 Å². The van der Waals surface area contributed by atoms with Gasteiger partial charge in [0.15, 0.2) is 5.78 Å². The Morgan fingerprint density at radius 1 is 1.24 bits per heavy atom. The minimum atomic E-state index is -0.521. The summed E-state index contributed by atoms with van der Waals surface area (Å²) < 4.78 is 5.52. The van der Waals surface area contributed by atoms with Gasteiger partial charge in [0.2, 0.25) is 0 Å². The molecule has 0 radical (unpaired) electrons. The van der Waals surface area contributed by atoms with E-state index in [0.29, 0.717) is 24.0 Å². The van der Waals surface area contributed by atoms with Gasteiger partial charge in [-0.05, 0) is 52.5 Å². The Bertz CT molecular complexity index is 718. The Kier molecular flexibility index (Phi) is 4.51. The summed E-state index contributed by atoms with van der Waals surface area (Å²) in [6.45, 7) is 5.58. The molecule has 25 heavy (non-hydrogen) atoms. The van der Waals surface area contributed by atoms with Crippen LogP contribution in [0.1, 0.15) is 62.4 Å². The fourth-order valence-corrected chi connectivity index (χ4v) is 3.88. The molecule has 2 saturated heterocycles. The standard InChI is InChI=1S/C19H23N3O3/c1-19(2,3)25-18(24)22-15-4-5-16(22)8-13(7-15)17(23)14-6-12(9-20)10-21-11-14/h6,10-11,13,15-16H,4-5,7-8H2,1-3H3. The summed E-state index contributed by atoms with van der Waals surface area (Å²) in [7, 11) is 0. The largest absolute Gasteiger partial charge is 0.444 e. The molecule has 0 aromatic carbocycles. The lowest BCUT2D eigenvalue weighted by Crippen LogP contribution is -2.49. The fourth-order valence-electron chi connectivity index (χ4n) is 3.88. The highest BCUT2D eigenvalue weighted by molar-refractivity contribution is 5.98. The molecule has 0 aliphatic carbocycles. The average Bonchev–Trinajstić information content (AvgIpc) is 2.83. The van der Waals surface area contributed by atoms with Gasteiger partial charge in [-0.15, -0.1) is 0 Å². The van der Waals surface area contributed by atoms with Crippen LogP contribution in [0.3, 0.4) is 0 Å². The number of Topliss-reactive ketones (excluding diaryl/α,β-unsaturated/α-hetero) is 1. The number of piperidine rings is 1. The van der Waals surface area contributed by atoms with E-state index in [1.807, 2.05) is 31.7 Å². The lowest BCUT2D eigenvalue weighted by molar-refractivity contribution is 0.00254. The van der Waals surface area contributed by atoms with Crippen LogP contribution >= 0.6 is 0 Å². The first-order valence-electron chi connectivity index (χ1n) is 8.69. The molecule has 132 valence electrons. The second-order valence-electron chi connectivity index (χ2n) is 7.88. The molecule has 1 aromatic rings. The number of aromatic nitrogens is 1. The van der Waals surface area contributed by atoms with Gasteiger partial charge in [0.05, 0.1) is 5.56 Å². The SMILES string of the molecule is CC(C)(C)OC(=O)N1C2CCC1CC(C(=O)c1cncc(C#N)c1)C2. The Morgan fingerprint density at radius 2 is 1.88 bits per heavy atom. The van der Waals surface area contributed by atoms with Gasteiger partial charge in [-0.25, -0.2) is 4.79 Å². The van der Waals surface area contributed by atoms with Gasteiger partial charge in [-0.1, -0.05) is 0 Å². The number of nitriles is 1. The summed E-state index contributed by atoms with van der Waals surface area (Å²) in [6, 6.07) is 3.71. The second-order valence-corrected chi connectivity index (χ2v) is 7.88. The fraction of sp³-hybridized carbons (Fsp3) is 0.579. The zero-order valence-electron chi connectivity index (χ0n) is 14.9. The van der Waals surface area contributed by atoms with Gasteiger partial charge >= 0.3 is 6.09 Å². The minimum absolute atomic E-state index is 0.0188. The Labute approximate surface area is 147 Å². The van der Waals surface area contributed by atoms with Crippen molar-refractivity contribution in [2.24, 2.45) is 5.92 Å². The maximum absolute atomic E-state index is 12.8. The van der Waals surface area contributed by atoms with Crippen molar-refractivity contribution in [1.82, 2.24) is 9.88 Å². The van der Waals surface area contributed by atoms with E-state index in [-0.39, 0.29) is 29.9 Å². The molecule has 1 aromatic heterocycles. The molecule has 2 atom stereocenters. The first-order chi connectivity index (χ1) is 11.8. The number of carbonyl (C=O) groups is 2. The van der Waals surface area contributed by atoms with Gasteiger partial charge in [-0.2, -0.15) is 5.26 Å². The van der Waals surface area contributed by atoms with E-state index in [1.165, 1.54) is 12.4 Å². The van der Waals surface area contributed by atoms with Crippen molar-refractivity contribution in [2.45, 2.75) is 64.1 Å². The number of fused-ring (bicyclic) bond motifs is 2. The van der Waals surface area contributed by atoms with Crippen LogP contribution in [0, 0.1) is 17.2 Å². The summed E-state index contributed by atoms with van der Waals surface area (Å²) in [4.78, 5) is 31.1. The van der Waals surface area contributed by atoms with Crippen molar-refractivity contribution in [2.75, 3.05) is 0 Å². The monoisotopic (exact) mass is 341 g/mol. The zero-order valence-corrected chi connectivity index (χ0v) is 14.9. The predicted octanol–water partition coefficient (Wildman–Crippen LogP) is 3.31. The molecule has 2 aliphatic heterocycles. The zero-order chi connectivity index (χ0) is 18.2. The normalized spacial score (nSPS) is 25.4. The minimum Gasteiger partial charge on any atom is -0.444 e. The van der Waals surface area contributed by atoms with Crippen molar-refractivity contribution in [1.29, 1.82) is 5.26 Å². The molecule has 0 N–H and O–H groups in total. The highest BCUT2D eigenvalue weighted by Gasteiger charge is 2.46. The number of nitrogens with zero attached hydrogens (tertiary/aromatic N) is 3. The maximum atomic E-state index is 12.8. The molecule has 3 rings (SSSR count). The third-order valence-electron chi connectivity index (χ3n) is 4.86. The lowest BCUT2D eigenvalue weighted by Gasteiger charge is -2.39. The van der Waals surface area contributed by atoms with Crippen molar-refractivity contribution in [3.05, 3.63) is 29.6 Å². The molecule has 0 spiro atoms. The van der Waals surface area contributed by atoms with Crippen LogP contribution in [0.25, 0.3) is 0 Å². The predicted molar refractivity (Wildman–Crippen MR) is 90.9 cm³/mol. The molecule has 1 amide bonds. The third kappa shape index (κ3) is 3.65. The summed E-state index contributed by atoms with van der Waals surface area (Å²) in [5.74, 6) is -0.114. The number of amides is 1. The Balaban J connectivity index is 1.72. The van der Waals surface area contributed by atoms with Crippen LogP contribution in [-0.2, 0) is 4.74 Å². The van der Waals surface area contributed by atoms with Crippen LogP contribution in [0.5, 0.6) is 0 Å². The van der Waals surface area contributed by atoms with E-state index in [0.717, 1.165) is 12.8 Å². The van der Waals surface area contributed by atoms with Crippen molar-refractivity contribution in [3.8, 4) is 6.07 Å². The van der Waals surface area contributed by atoms with Gasteiger partial charge in [0, 0.05) is 36.0 Å². The molecule has 6 nitrogen and oxygen atoms in total. The Hall–Kier alpha value is -2.42. The van der Waals surface area contributed by atoms with Gasteiger partial charge < -0.3 is 9.64 Å². The van der Waals surface area contributed by atoms with Crippen LogP contribution in [0.15, 0.2) is 18.5 Å². The van der Waals surface area contributed by atoms with Crippen LogP contribution in [0.4, 0.5) is 4.79 Å². The number of ketones is 1. The third-order valence-corrected chi connectivity index (χ3v) is 4.86. The first-order valence-corrected chi connectivity index (χ1v) is 8.69. The van der Waals surface area contributed by atoms with Crippen LogP contribution in [0.2, 0.25) is 0 Å². The smallest absolute Gasteiger partial charge is 0.410 e. The van der Waals surface area contributed by atoms with Crippen molar-refractivity contribution >= 4 is 11.9 Å². The van der Waals surface area contributed by atoms with E-state index in [4.69, 9.17) is 10.00 Å². The number of rotatable bonds is 2. The maximum Gasteiger partial charge on any atom is 0.410 e. The number of carbonyl (C=O) groups excluding carboxylic acids is 2. The topological polar surface area (TPSA) is 83.3 Å². The van der Waals surface area contributed by atoms with Crippen LogP contribution in [-0.4, -0.2) is 39.4 Å². The molecule has 0 saturated carbocycles. The highest BCUT2D eigenvalue weighted by Crippen LogP contribution is 2.40. The molecule has 2 aliphatic rings. The average molecular weight is 341 g/mol. The number of hydrogen-bond acceptors (Lipinski definition) is 5. The van der Waals surface area contributed by atoms with E-state index in [2.05, 4.69) is 4.98 Å². The van der Waals surface area contributed by atoms with Gasteiger partial charge in [0.1, 0.15) is 11.7 Å². The van der Waals surface area contributed by atoms with Crippen molar-refractivity contribution in [3.63, 3.8) is 0 Å². The lowest BCUT2D eigenvalue weighted by atomic mass is 9.85. The second kappa shape index (κ2) is 6.47. The molecular weight excluding hydrogens is 318 g/mol. The highest BCUT2D eigenvalue weighted by atomic mass is 16.6. The number of hydrogen-bond donors (Lipinski definition) is 0. The summed E-state index contributed by atoms with van der Waals surface area (Å²) in [6.07, 6.45) is 5.79. The molecule has 2 unspecified atom stereocenters.